The number of halogens is 1. The molecule has 3 heteroatoms. The molecule has 0 heterocycles. The third-order valence-electron chi connectivity index (χ3n) is 2.64. The first-order valence-corrected chi connectivity index (χ1v) is 5.95. The van der Waals surface area contributed by atoms with Gasteiger partial charge in [-0.15, -0.1) is 0 Å². The Morgan fingerprint density at radius 2 is 1.68 bits per heavy atom. The number of hydrogen-bond donors (Lipinski definition) is 1. The molecule has 0 aliphatic heterocycles. The summed E-state index contributed by atoms with van der Waals surface area (Å²) in [7, 11) is 0. The minimum Gasteiger partial charge on any atom is -0.322 e. The topological polar surface area (TPSA) is 29.1 Å². The van der Waals surface area contributed by atoms with Crippen LogP contribution in [0.1, 0.15) is 12.5 Å². The number of amides is 1. The summed E-state index contributed by atoms with van der Waals surface area (Å²) in [6.45, 7) is 1.74. The molecule has 0 fully saturated rings. The van der Waals surface area contributed by atoms with Crippen molar-refractivity contribution >= 4 is 17.7 Å². The van der Waals surface area contributed by atoms with Gasteiger partial charge in [-0.2, -0.15) is 0 Å². The fourth-order valence-corrected chi connectivity index (χ4v) is 1.63. The number of benzene rings is 2. The zero-order valence-electron chi connectivity index (χ0n) is 10.6. The zero-order chi connectivity index (χ0) is 13.7. The van der Waals surface area contributed by atoms with Gasteiger partial charge in [-0.05, 0) is 42.8 Å². The maximum absolute atomic E-state index is 12.7. The van der Waals surface area contributed by atoms with E-state index in [2.05, 4.69) is 5.32 Å². The minimum absolute atomic E-state index is 0.199. The van der Waals surface area contributed by atoms with Crippen LogP contribution in [-0.4, -0.2) is 5.91 Å². The van der Waals surface area contributed by atoms with E-state index in [-0.39, 0.29) is 11.7 Å². The van der Waals surface area contributed by atoms with Crippen molar-refractivity contribution in [3.05, 3.63) is 71.6 Å². The predicted octanol–water partition coefficient (Wildman–Crippen LogP) is 3.87. The molecule has 1 amide bonds. The van der Waals surface area contributed by atoms with Crippen LogP contribution >= 0.6 is 0 Å². The van der Waals surface area contributed by atoms with Crippen molar-refractivity contribution in [2.24, 2.45) is 0 Å². The van der Waals surface area contributed by atoms with Crippen molar-refractivity contribution in [1.82, 2.24) is 0 Å². The van der Waals surface area contributed by atoms with Gasteiger partial charge in [-0.3, -0.25) is 4.79 Å². The van der Waals surface area contributed by atoms with E-state index in [1.807, 2.05) is 30.3 Å². The van der Waals surface area contributed by atoms with Crippen molar-refractivity contribution in [2.45, 2.75) is 6.92 Å². The Bertz CT molecular complexity index is 588. The lowest BCUT2D eigenvalue weighted by Crippen LogP contribution is -2.12. The molecular weight excluding hydrogens is 241 g/mol. The van der Waals surface area contributed by atoms with E-state index in [0.717, 1.165) is 5.56 Å². The largest absolute Gasteiger partial charge is 0.322 e. The molecule has 0 radical (unpaired) electrons. The van der Waals surface area contributed by atoms with E-state index in [1.165, 1.54) is 24.3 Å². The molecule has 19 heavy (non-hydrogen) atoms. The molecule has 0 aliphatic rings. The molecule has 0 aliphatic carbocycles. The van der Waals surface area contributed by atoms with E-state index < -0.39 is 0 Å². The van der Waals surface area contributed by atoms with Gasteiger partial charge in [0.1, 0.15) is 5.82 Å². The zero-order valence-corrected chi connectivity index (χ0v) is 10.6. The van der Waals surface area contributed by atoms with Crippen molar-refractivity contribution in [3.8, 4) is 0 Å². The minimum atomic E-state index is -0.324. The molecule has 1 N–H and O–H groups in total. The van der Waals surface area contributed by atoms with Crippen molar-refractivity contribution in [1.29, 1.82) is 0 Å². The van der Waals surface area contributed by atoms with Crippen molar-refractivity contribution in [3.63, 3.8) is 0 Å². The lowest BCUT2D eigenvalue weighted by Gasteiger charge is -2.05. The van der Waals surface area contributed by atoms with Gasteiger partial charge in [0.25, 0.3) is 5.91 Å². The highest BCUT2D eigenvalue weighted by Crippen LogP contribution is 2.11. The van der Waals surface area contributed by atoms with E-state index in [0.29, 0.717) is 11.3 Å². The smallest absolute Gasteiger partial charge is 0.251 e. The van der Waals surface area contributed by atoms with Gasteiger partial charge >= 0.3 is 0 Å². The maximum atomic E-state index is 12.7. The third kappa shape index (κ3) is 3.78. The molecule has 96 valence electrons. The summed E-state index contributed by atoms with van der Waals surface area (Å²) in [6.07, 6.45) is 1.80. The molecule has 0 atom stereocenters. The third-order valence-corrected chi connectivity index (χ3v) is 2.64. The molecule has 2 rings (SSSR count). The fourth-order valence-electron chi connectivity index (χ4n) is 1.63. The van der Waals surface area contributed by atoms with E-state index in [4.69, 9.17) is 0 Å². The second kappa shape index (κ2) is 5.96. The summed E-state index contributed by atoms with van der Waals surface area (Å²) >= 11 is 0. The van der Waals surface area contributed by atoms with E-state index >= 15 is 0 Å². The van der Waals surface area contributed by atoms with Gasteiger partial charge in [0.05, 0.1) is 0 Å². The van der Waals surface area contributed by atoms with Crippen LogP contribution in [0.4, 0.5) is 10.1 Å². The summed E-state index contributed by atoms with van der Waals surface area (Å²) in [4.78, 5) is 11.9. The second-order valence-electron chi connectivity index (χ2n) is 4.20. The highest BCUT2D eigenvalue weighted by Gasteiger charge is 2.04. The van der Waals surface area contributed by atoms with Crippen LogP contribution in [0.25, 0.3) is 6.08 Å². The standard InChI is InChI=1S/C16H14FNO/c1-12(11-13-5-3-2-4-6-13)16(19)18-15-9-7-14(17)8-10-15/h2-11H,1H3,(H,18,19)/b12-11-. The summed E-state index contributed by atoms with van der Waals surface area (Å²) in [6, 6.07) is 15.3. The van der Waals surface area contributed by atoms with Crippen LogP contribution in [-0.2, 0) is 4.79 Å². The molecule has 0 unspecified atom stereocenters. The number of carbonyl (C=O) groups excluding carboxylic acids is 1. The van der Waals surface area contributed by atoms with Gasteiger partial charge in [0.2, 0.25) is 0 Å². The maximum Gasteiger partial charge on any atom is 0.251 e. The summed E-state index contributed by atoms with van der Waals surface area (Å²) < 4.78 is 12.7. The quantitative estimate of drug-likeness (QED) is 0.829. The van der Waals surface area contributed by atoms with Crippen LogP contribution in [0, 0.1) is 5.82 Å². The van der Waals surface area contributed by atoms with Gasteiger partial charge in [-0.25, -0.2) is 4.39 Å². The van der Waals surface area contributed by atoms with Crippen LogP contribution in [0.2, 0.25) is 0 Å². The molecule has 2 nitrogen and oxygen atoms in total. The lowest BCUT2D eigenvalue weighted by molar-refractivity contribution is -0.112. The van der Waals surface area contributed by atoms with Crippen molar-refractivity contribution < 1.29 is 9.18 Å². The number of rotatable bonds is 3. The Balaban J connectivity index is 2.07. The number of nitrogens with one attached hydrogen (secondary N) is 1. The van der Waals surface area contributed by atoms with Gasteiger partial charge in [0.15, 0.2) is 0 Å². The average molecular weight is 255 g/mol. The average Bonchev–Trinajstić information content (AvgIpc) is 2.42. The molecule has 2 aromatic rings. The monoisotopic (exact) mass is 255 g/mol. The highest BCUT2D eigenvalue weighted by molar-refractivity contribution is 6.06. The fraction of sp³-hybridized carbons (Fsp3) is 0.0625. The van der Waals surface area contributed by atoms with E-state index in [9.17, 15) is 9.18 Å². The molecule has 0 spiro atoms. The molecule has 2 aromatic carbocycles. The number of anilines is 1. The first-order valence-electron chi connectivity index (χ1n) is 5.95. The van der Waals surface area contributed by atoms with Gasteiger partial charge in [-0.1, -0.05) is 30.3 Å². The predicted molar refractivity (Wildman–Crippen MR) is 75.1 cm³/mol. The normalized spacial score (nSPS) is 11.2. The van der Waals surface area contributed by atoms with Crippen molar-refractivity contribution in [2.75, 3.05) is 5.32 Å². The molecule has 0 saturated heterocycles. The Hall–Kier alpha value is -2.42. The molecule has 0 saturated carbocycles. The summed E-state index contributed by atoms with van der Waals surface area (Å²) in [5.74, 6) is -0.523. The number of hydrogen-bond acceptors (Lipinski definition) is 1. The van der Waals surface area contributed by atoms with E-state index in [1.54, 1.807) is 13.0 Å². The first-order chi connectivity index (χ1) is 9.15. The van der Waals surface area contributed by atoms with Crippen LogP contribution in [0.15, 0.2) is 60.2 Å². The summed E-state index contributed by atoms with van der Waals surface area (Å²) in [5.41, 5.74) is 2.14. The van der Waals surface area contributed by atoms with Crippen LogP contribution < -0.4 is 5.32 Å². The van der Waals surface area contributed by atoms with Gasteiger partial charge < -0.3 is 5.32 Å². The molecular formula is C16H14FNO. The Morgan fingerprint density at radius 3 is 2.32 bits per heavy atom. The summed E-state index contributed by atoms with van der Waals surface area (Å²) in [5, 5.41) is 2.72. The Labute approximate surface area is 111 Å². The SMILES string of the molecule is C/C(=C/c1ccccc1)C(=O)Nc1ccc(F)cc1. The molecule has 0 bridgehead atoms. The second-order valence-corrected chi connectivity index (χ2v) is 4.20. The lowest BCUT2D eigenvalue weighted by atomic mass is 10.1. The Kier molecular flexibility index (Phi) is 4.08. The highest BCUT2D eigenvalue weighted by atomic mass is 19.1. The van der Waals surface area contributed by atoms with Crippen LogP contribution in [0.5, 0.6) is 0 Å². The first kappa shape index (κ1) is 13.0. The number of carbonyl (C=O) groups is 1. The van der Waals surface area contributed by atoms with Gasteiger partial charge in [0, 0.05) is 11.3 Å². The van der Waals surface area contributed by atoms with Crippen LogP contribution in [0.3, 0.4) is 0 Å². The Morgan fingerprint density at radius 1 is 1.05 bits per heavy atom. The molecule has 0 aromatic heterocycles.